The number of carbonyl (C=O) groups excluding carboxylic acids is 2. The van der Waals surface area contributed by atoms with Gasteiger partial charge in [-0.3, -0.25) is 14.5 Å². The number of hydrogen-bond donors (Lipinski definition) is 2. The van der Waals surface area contributed by atoms with Gasteiger partial charge in [0.05, 0.1) is 11.1 Å². The summed E-state index contributed by atoms with van der Waals surface area (Å²) in [7, 11) is 0. The lowest BCUT2D eigenvalue weighted by Gasteiger charge is -2.15. The predicted molar refractivity (Wildman–Crippen MR) is 60.0 cm³/mol. The molecule has 0 radical (unpaired) electrons. The van der Waals surface area contributed by atoms with Crippen LogP contribution in [0.15, 0.2) is 12.1 Å². The van der Waals surface area contributed by atoms with Gasteiger partial charge in [-0.25, -0.2) is 0 Å². The SMILES string of the molecule is CC(C)CN1C(=O)c2cc(O)cc(O)c2C1=O. The van der Waals surface area contributed by atoms with E-state index >= 15 is 0 Å². The number of phenolic OH excluding ortho intramolecular Hbond substituents is 2. The summed E-state index contributed by atoms with van der Waals surface area (Å²) < 4.78 is 0. The van der Waals surface area contributed by atoms with Crippen molar-refractivity contribution in [1.82, 2.24) is 4.90 Å². The maximum absolute atomic E-state index is 11.9. The van der Waals surface area contributed by atoms with Gasteiger partial charge in [0.2, 0.25) is 0 Å². The van der Waals surface area contributed by atoms with Gasteiger partial charge >= 0.3 is 0 Å². The highest BCUT2D eigenvalue weighted by Gasteiger charge is 2.38. The third kappa shape index (κ3) is 1.73. The lowest BCUT2D eigenvalue weighted by atomic mass is 10.1. The second-order valence-corrected chi connectivity index (χ2v) is 4.50. The van der Waals surface area contributed by atoms with E-state index in [-0.39, 0.29) is 28.5 Å². The second kappa shape index (κ2) is 3.76. The second-order valence-electron chi connectivity index (χ2n) is 4.50. The molecule has 2 rings (SSSR count). The van der Waals surface area contributed by atoms with Crippen LogP contribution in [0, 0.1) is 5.92 Å². The molecule has 5 nitrogen and oxygen atoms in total. The summed E-state index contributed by atoms with van der Waals surface area (Å²) in [6, 6.07) is 2.26. The Morgan fingerprint density at radius 1 is 1.18 bits per heavy atom. The molecule has 0 unspecified atom stereocenters. The fourth-order valence-electron chi connectivity index (χ4n) is 1.91. The van der Waals surface area contributed by atoms with Gasteiger partial charge in [-0.05, 0) is 12.0 Å². The minimum absolute atomic E-state index is 0.0200. The molecule has 0 saturated carbocycles. The lowest BCUT2D eigenvalue weighted by molar-refractivity contribution is 0.0635. The third-order valence-corrected chi connectivity index (χ3v) is 2.58. The molecule has 0 aromatic heterocycles. The van der Waals surface area contributed by atoms with Crippen molar-refractivity contribution in [3.63, 3.8) is 0 Å². The van der Waals surface area contributed by atoms with E-state index in [1.807, 2.05) is 13.8 Å². The zero-order chi connectivity index (χ0) is 12.7. The summed E-state index contributed by atoms with van der Waals surface area (Å²) in [6.45, 7) is 4.08. The standard InChI is InChI=1S/C12H13NO4/c1-6(2)5-13-11(16)8-3-7(14)4-9(15)10(8)12(13)17/h3-4,6,14-15H,5H2,1-2H3. The first-order valence-electron chi connectivity index (χ1n) is 5.34. The molecule has 1 heterocycles. The van der Waals surface area contributed by atoms with Gasteiger partial charge in [0, 0.05) is 12.6 Å². The van der Waals surface area contributed by atoms with Crippen molar-refractivity contribution >= 4 is 11.8 Å². The fourth-order valence-corrected chi connectivity index (χ4v) is 1.91. The van der Waals surface area contributed by atoms with Crippen LogP contribution in [0.2, 0.25) is 0 Å². The zero-order valence-corrected chi connectivity index (χ0v) is 9.60. The number of aromatic hydroxyl groups is 2. The van der Waals surface area contributed by atoms with Gasteiger partial charge in [0.1, 0.15) is 11.5 Å². The molecule has 90 valence electrons. The first kappa shape index (κ1) is 11.4. The highest BCUT2D eigenvalue weighted by molar-refractivity contribution is 6.22. The van der Waals surface area contributed by atoms with Crippen LogP contribution < -0.4 is 0 Å². The van der Waals surface area contributed by atoms with Crippen LogP contribution in [0.1, 0.15) is 34.6 Å². The molecule has 2 N–H and O–H groups in total. The number of benzene rings is 1. The van der Waals surface area contributed by atoms with Crippen molar-refractivity contribution in [2.24, 2.45) is 5.92 Å². The highest BCUT2D eigenvalue weighted by Crippen LogP contribution is 2.34. The van der Waals surface area contributed by atoms with Crippen LogP contribution in [0.4, 0.5) is 0 Å². The molecule has 0 bridgehead atoms. The number of phenols is 2. The molecular formula is C12H13NO4. The minimum Gasteiger partial charge on any atom is -0.508 e. The number of fused-ring (bicyclic) bond motifs is 1. The van der Waals surface area contributed by atoms with Crippen molar-refractivity contribution in [3.8, 4) is 11.5 Å². The van der Waals surface area contributed by atoms with Gasteiger partial charge < -0.3 is 10.2 Å². The monoisotopic (exact) mass is 235 g/mol. The Balaban J connectivity index is 2.49. The number of carbonyl (C=O) groups is 2. The summed E-state index contributed by atoms with van der Waals surface area (Å²) in [5, 5.41) is 18.9. The molecule has 0 atom stereocenters. The maximum Gasteiger partial charge on any atom is 0.265 e. The average Bonchev–Trinajstić information content (AvgIpc) is 2.42. The predicted octanol–water partition coefficient (Wildman–Crippen LogP) is 1.35. The molecule has 1 aromatic carbocycles. The van der Waals surface area contributed by atoms with Crippen molar-refractivity contribution in [1.29, 1.82) is 0 Å². The zero-order valence-electron chi connectivity index (χ0n) is 9.60. The van der Waals surface area contributed by atoms with E-state index in [9.17, 15) is 19.8 Å². The molecule has 1 aliphatic rings. The summed E-state index contributed by atoms with van der Waals surface area (Å²) in [5.74, 6) is -1.41. The van der Waals surface area contributed by atoms with E-state index in [2.05, 4.69) is 0 Å². The third-order valence-electron chi connectivity index (χ3n) is 2.58. The van der Waals surface area contributed by atoms with Gasteiger partial charge in [-0.15, -0.1) is 0 Å². The summed E-state index contributed by atoms with van der Waals surface area (Å²) in [4.78, 5) is 25.0. The number of hydrogen-bond acceptors (Lipinski definition) is 4. The first-order valence-corrected chi connectivity index (χ1v) is 5.34. The normalized spacial score (nSPS) is 14.6. The number of imide groups is 1. The van der Waals surface area contributed by atoms with Crippen LogP contribution in [0.3, 0.4) is 0 Å². The molecule has 0 saturated heterocycles. The van der Waals surface area contributed by atoms with E-state index < -0.39 is 11.8 Å². The van der Waals surface area contributed by atoms with Gasteiger partial charge in [0.15, 0.2) is 0 Å². The van der Waals surface area contributed by atoms with Crippen LogP contribution in [-0.2, 0) is 0 Å². The topological polar surface area (TPSA) is 77.8 Å². The summed E-state index contributed by atoms with van der Waals surface area (Å²) in [6.07, 6.45) is 0. The Morgan fingerprint density at radius 2 is 1.82 bits per heavy atom. The molecule has 17 heavy (non-hydrogen) atoms. The minimum atomic E-state index is -0.504. The number of amides is 2. The largest absolute Gasteiger partial charge is 0.508 e. The Morgan fingerprint density at radius 3 is 2.41 bits per heavy atom. The first-order chi connectivity index (χ1) is 7.91. The van der Waals surface area contributed by atoms with Crippen molar-refractivity contribution in [2.45, 2.75) is 13.8 Å². The summed E-state index contributed by atoms with van der Waals surface area (Å²) in [5.41, 5.74) is 0.0431. The Bertz CT molecular complexity index is 507. The molecule has 0 aliphatic carbocycles. The van der Waals surface area contributed by atoms with Gasteiger partial charge in [0.25, 0.3) is 11.8 Å². The Hall–Kier alpha value is -2.04. The summed E-state index contributed by atoms with van der Waals surface area (Å²) >= 11 is 0. The van der Waals surface area contributed by atoms with E-state index in [1.54, 1.807) is 0 Å². The molecule has 0 spiro atoms. The number of rotatable bonds is 2. The molecule has 5 heteroatoms. The highest BCUT2D eigenvalue weighted by atomic mass is 16.3. The molecule has 1 aromatic rings. The van der Waals surface area contributed by atoms with Crippen LogP contribution in [0.5, 0.6) is 11.5 Å². The average molecular weight is 235 g/mol. The Labute approximate surface area is 98.3 Å². The van der Waals surface area contributed by atoms with E-state index in [1.165, 1.54) is 6.07 Å². The van der Waals surface area contributed by atoms with E-state index in [0.717, 1.165) is 11.0 Å². The van der Waals surface area contributed by atoms with Crippen molar-refractivity contribution in [3.05, 3.63) is 23.3 Å². The maximum atomic E-state index is 11.9. The van der Waals surface area contributed by atoms with Crippen molar-refractivity contribution < 1.29 is 19.8 Å². The molecule has 0 fully saturated rings. The fraction of sp³-hybridized carbons (Fsp3) is 0.333. The van der Waals surface area contributed by atoms with E-state index in [4.69, 9.17) is 0 Å². The van der Waals surface area contributed by atoms with Crippen LogP contribution >= 0.6 is 0 Å². The van der Waals surface area contributed by atoms with E-state index in [0.29, 0.717) is 6.54 Å². The molecule has 1 aliphatic heterocycles. The molecule has 2 amide bonds. The Kier molecular flexibility index (Phi) is 2.53. The van der Waals surface area contributed by atoms with Crippen LogP contribution in [0.25, 0.3) is 0 Å². The quantitative estimate of drug-likeness (QED) is 0.758. The number of nitrogens with zero attached hydrogens (tertiary/aromatic N) is 1. The van der Waals surface area contributed by atoms with Crippen molar-refractivity contribution in [2.75, 3.05) is 6.54 Å². The molecular weight excluding hydrogens is 222 g/mol. The van der Waals surface area contributed by atoms with Gasteiger partial charge in [-0.1, -0.05) is 13.8 Å². The smallest absolute Gasteiger partial charge is 0.265 e. The lowest BCUT2D eigenvalue weighted by Crippen LogP contribution is -2.33. The van der Waals surface area contributed by atoms with Gasteiger partial charge in [-0.2, -0.15) is 0 Å². The van der Waals surface area contributed by atoms with Crippen LogP contribution in [-0.4, -0.2) is 33.5 Å².